The van der Waals surface area contributed by atoms with E-state index in [1.807, 2.05) is 49.3 Å². The smallest absolute Gasteiger partial charge is 0.246 e. The van der Waals surface area contributed by atoms with Crippen molar-refractivity contribution in [3.05, 3.63) is 93.5 Å². The molecule has 2 aliphatic rings. The van der Waals surface area contributed by atoms with E-state index in [0.717, 1.165) is 28.8 Å². The topological polar surface area (TPSA) is 87.6 Å². The number of nitrogens with zero attached hydrogens (tertiary/aromatic N) is 5. The number of piperazine rings is 1. The lowest BCUT2D eigenvalue weighted by Crippen LogP contribution is -2.75. The number of anilines is 1. The Hall–Kier alpha value is -3.79. The zero-order valence-corrected chi connectivity index (χ0v) is 26.6. The third kappa shape index (κ3) is 6.80. The van der Waals surface area contributed by atoms with Crippen molar-refractivity contribution in [2.24, 2.45) is 0 Å². The van der Waals surface area contributed by atoms with Gasteiger partial charge < -0.3 is 19.8 Å². The quantitative estimate of drug-likeness (QED) is 0.369. The van der Waals surface area contributed by atoms with E-state index in [1.165, 1.54) is 0 Å². The molecule has 0 radical (unpaired) electrons. The lowest BCUT2D eigenvalue weighted by atomic mass is 9.98. The molecule has 3 aromatic carbocycles. The summed E-state index contributed by atoms with van der Waals surface area (Å²) in [7, 11) is 5.48. The van der Waals surface area contributed by atoms with Gasteiger partial charge in [-0.05, 0) is 53.8 Å². The van der Waals surface area contributed by atoms with Gasteiger partial charge in [-0.15, -0.1) is 0 Å². The molecular formula is C33H37Cl2N5O4. The number of hydrogen-bond donors (Lipinski definition) is 1. The molecule has 11 heteroatoms. The number of phenols is 1. The van der Waals surface area contributed by atoms with Gasteiger partial charge in [0.15, 0.2) is 0 Å². The van der Waals surface area contributed by atoms with E-state index in [2.05, 4.69) is 0 Å². The number of carbonyl (C=O) groups is 3. The molecule has 0 aromatic heterocycles. The van der Waals surface area contributed by atoms with Crippen LogP contribution >= 0.6 is 23.2 Å². The largest absolute Gasteiger partial charge is 0.508 e. The van der Waals surface area contributed by atoms with Crippen LogP contribution in [-0.4, -0.2) is 89.1 Å². The average Bonchev–Trinajstić information content (AvgIpc) is 2.96. The fourth-order valence-corrected chi connectivity index (χ4v) is 6.92. The summed E-state index contributed by atoms with van der Waals surface area (Å²) in [6, 6.07) is 19.2. The number of hydrazine groups is 1. The highest BCUT2D eigenvalue weighted by Gasteiger charge is 2.50. The second-order valence-corrected chi connectivity index (χ2v) is 12.4. The molecule has 9 nitrogen and oxygen atoms in total. The van der Waals surface area contributed by atoms with Gasteiger partial charge in [-0.3, -0.25) is 19.4 Å². The van der Waals surface area contributed by atoms with E-state index in [1.54, 1.807) is 63.3 Å². The Balaban J connectivity index is 1.47. The van der Waals surface area contributed by atoms with Gasteiger partial charge in [-0.1, -0.05) is 65.7 Å². The molecule has 0 bridgehead atoms. The zero-order valence-electron chi connectivity index (χ0n) is 25.1. The van der Waals surface area contributed by atoms with Crippen LogP contribution in [0.4, 0.5) is 5.69 Å². The van der Waals surface area contributed by atoms with Gasteiger partial charge in [0.2, 0.25) is 17.7 Å². The standard InChI is InChI=1S/C33H37Cl2N5O4/c1-36(2)32-24(17-25(34)18-27(32)35)19-38-20-29-39(28(33(38)44)16-23-12-14-26(41)15-13-23)31(43)21-37(3)40(29)30(42)11-7-10-22-8-5-4-6-9-22/h4-6,8-9,12-15,17-18,28-29,41H,7,10-11,16,19-21H2,1-3H3/t28-,29?/m0/s1. The number of carbonyl (C=O) groups excluding carboxylic acids is 3. The van der Waals surface area contributed by atoms with Crippen LogP contribution in [0.2, 0.25) is 10.0 Å². The summed E-state index contributed by atoms with van der Waals surface area (Å²) in [5.74, 6) is -0.449. The maximum atomic E-state index is 14.2. The summed E-state index contributed by atoms with van der Waals surface area (Å²) in [5.41, 5.74) is 3.44. The van der Waals surface area contributed by atoms with Crippen molar-refractivity contribution in [2.75, 3.05) is 39.1 Å². The number of aromatic hydroxyl groups is 1. The lowest BCUT2D eigenvalue weighted by molar-refractivity contribution is -0.203. The zero-order chi connectivity index (χ0) is 31.5. The van der Waals surface area contributed by atoms with Gasteiger partial charge in [-0.2, -0.15) is 0 Å². The summed E-state index contributed by atoms with van der Waals surface area (Å²) < 4.78 is 0. The minimum absolute atomic E-state index is 0.0189. The Kier molecular flexibility index (Phi) is 9.68. The molecule has 2 fully saturated rings. The van der Waals surface area contributed by atoms with Gasteiger partial charge in [0.05, 0.1) is 23.8 Å². The molecular weight excluding hydrogens is 601 g/mol. The Bertz CT molecular complexity index is 1520. The molecule has 3 amide bonds. The molecule has 2 atom stereocenters. The Morgan fingerprint density at radius 2 is 1.70 bits per heavy atom. The molecule has 5 rings (SSSR count). The Morgan fingerprint density at radius 3 is 2.39 bits per heavy atom. The van der Waals surface area contributed by atoms with Crippen LogP contribution < -0.4 is 4.90 Å². The first kappa shape index (κ1) is 31.6. The Labute approximate surface area is 268 Å². The van der Waals surface area contributed by atoms with Crippen molar-refractivity contribution >= 4 is 46.6 Å². The SMILES string of the molecule is CN(C)c1c(Cl)cc(Cl)cc1CN1CC2N(C(=O)CN(C)N2C(=O)CCCc2ccccc2)[C@@H](Cc2ccc(O)cc2)C1=O. The number of likely N-dealkylation sites (N-methyl/N-ethyl adjacent to an activating group) is 1. The van der Waals surface area contributed by atoms with E-state index in [4.69, 9.17) is 23.2 Å². The van der Waals surface area contributed by atoms with Crippen molar-refractivity contribution < 1.29 is 19.5 Å². The van der Waals surface area contributed by atoms with Crippen molar-refractivity contribution in [2.45, 2.75) is 44.4 Å². The first-order chi connectivity index (χ1) is 21.0. The molecule has 3 aromatic rings. The molecule has 1 N–H and O–H groups in total. The minimum atomic E-state index is -0.850. The average molecular weight is 639 g/mol. The number of aryl methyl sites for hydroxylation is 1. The molecule has 1 unspecified atom stereocenters. The minimum Gasteiger partial charge on any atom is -0.508 e. The molecule has 2 saturated heterocycles. The van der Waals surface area contributed by atoms with Crippen LogP contribution in [0, 0.1) is 0 Å². The number of halogens is 2. The van der Waals surface area contributed by atoms with E-state index in [9.17, 15) is 19.5 Å². The number of rotatable bonds is 9. The monoisotopic (exact) mass is 637 g/mol. The van der Waals surface area contributed by atoms with E-state index in [-0.39, 0.29) is 49.5 Å². The molecule has 0 aliphatic carbocycles. The predicted molar refractivity (Wildman–Crippen MR) is 171 cm³/mol. The maximum Gasteiger partial charge on any atom is 0.246 e. The summed E-state index contributed by atoms with van der Waals surface area (Å²) in [6.45, 7) is 0.300. The van der Waals surface area contributed by atoms with Gasteiger partial charge in [0, 0.05) is 45.6 Å². The third-order valence-electron chi connectivity index (χ3n) is 8.17. The highest BCUT2D eigenvalue weighted by Crippen LogP contribution is 2.35. The van der Waals surface area contributed by atoms with Crippen LogP contribution in [0.5, 0.6) is 5.75 Å². The fraction of sp³-hybridized carbons (Fsp3) is 0.364. The van der Waals surface area contributed by atoms with Crippen LogP contribution in [0.15, 0.2) is 66.7 Å². The van der Waals surface area contributed by atoms with Crippen molar-refractivity contribution in [3.63, 3.8) is 0 Å². The van der Waals surface area contributed by atoms with Gasteiger partial charge in [-0.25, -0.2) is 5.01 Å². The highest BCUT2D eigenvalue weighted by molar-refractivity contribution is 6.36. The van der Waals surface area contributed by atoms with Crippen molar-refractivity contribution in [1.82, 2.24) is 19.8 Å². The summed E-state index contributed by atoms with van der Waals surface area (Å²) in [6.07, 6.45) is 1.25. The molecule has 44 heavy (non-hydrogen) atoms. The molecule has 2 aliphatic heterocycles. The van der Waals surface area contributed by atoms with Crippen molar-refractivity contribution in [3.8, 4) is 5.75 Å². The molecule has 232 valence electrons. The number of fused-ring (bicyclic) bond motifs is 1. The van der Waals surface area contributed by atoms with E-state index < -0.39 is 12.2 Å². The van der Waals surface area contributed by atoms with Gasteiger partial charge >= 0.3 is 0 Å². The first-order valence-electron chi connectivity index (χ1n) is 14.6. The van der Waals surface area contributed by atoms with Gasteiger partial charge in [0.1, 0.15) is 18.0 Å². The second kappa shape index (κ2) is 13.5. The second-order valence-electron chi connectivity index (χ2n) is 11.6. The molecule has 0 saturated carbocycles. The maximum absolute atomic E-state index is 14.2. The number of amides is 3. The number of hydrogen-bond acceptors (Lipinski definition) is 6. The summed E-state index contributed by atoms with van der Waals surface area (Å²) in [5, 5.41) is 14.0. The van der Waals surface area contributed by atoms with Crippen LogP contribution in [0.25, 0.3) is 0 Å². The number of phenolic OH excluding ortho intramolecular Hbond substituents is 1. The predicted octanol–water partition coefficient (Wildman–Crippen LogP) is 4.59. The molecule has 0 spiro atoms. The molecule has 2 heterocycles. The van der Waals surface area contributed by atoms with Crippen LogP contribution in [0.3, 0.4) is 0 Å². The fourth-order valence-electron chi connectivity index (χ4n) is 6.22. The van der Waals surface area contributed by atoms with E-state index >= 15 is 0 Å². The summed E-state index contributed by atoms with van der Waals surface area (Å²) >= 11 is 13.0. The van der Waals surface area contributed by atoms with Crippen LogP contribution in [0.1, 0.15) is 29.5 Å². The lowest BCUT2D eigenvalue weighted by Gasteiger charge is -2.54. The number of benzene rings is 3. The van der Waals surface area contributed by atoms with Crippen LogP contribution in [-0.2, 0) is 33.8 Å². The normalized spacial score (nSPS) is 18.9. The van der Waals surface area contributed by atoms with Gasteiger partial charge in [0.25, 0.3) is 0 Å². The third-order valence-corrected chi connectivity index (χ3v) is 8.68. The van der Waals surface area contributed by atoms with E-state index in [0.29, 0.717) is 22.9 Å². The van der Waals surface area contributed by atoms with Crippen molar-refractivity contribution in [1.29, 1.82) is 0 Å². The summed E-state index contributed by atoms with van der Waals surface area (Å²) in [4.78, 5) is 46.8. The first-order valence-corrected chi connectivity index (χ1v) is 15.4. The highest BCUT2D eigenvalue weighted by atomic mass is 35.5. The Morgan fingerprint density at radius 1 is 1.00 bits per heavy atom.